The monoisotopic (exact) mass is 359 g/mol. The zero-order chi connectivity index (χ0) is 18.9. The Morgan fingerprint density at radius 1 is 1.08 bits per heavy atom. The Labute approximate surface area is 148 Å². The van der Waals surface area contributed by atoms with Crippen molar-refractivity contribution in [2.24, 2.45) is 0 Å². The lowest BCUT2D eigenvalue weighted by atomic mass is 10.0. The molecule has 2 N–H and O–H groups in total. The molecular formula is C20H16F3NO2. The molecule has 0 radical (unpaired) electrons. The molecule has 0 unspecified atom stereocenters. The van der Waals surface area contributed by atoms with Gasteiger partial charge >= 0.3 is 6.18 Å². The van der Waals surface area contributed by atoms with Gasteiger partial charge in [0.15, 0.2) is 0 Å². The Morgan fingerprint density at radius 2 is 1.81 bits per heavy atom. The summed E-state index contributed by atoms with van der Waals surface area (Å²) < 4.78 is 38.5. The molecule has 6 heteroatoms. The molecule has 0 aliphatic heterocycles. The average Bonchev–Trinajstić information content (AvgIpc) is 2.61. The quantitative estimate of drug-likeness (QED) is 0.660. The van der Waals surface area contributed by atoms with Gasteiger partial charge in [-0.1, -0.05) is 37.3 Å². The number of aryl methyl sites for hydroxylation is 1. The lowest BCUT2D eigenvalue weighted by molar-refractivity contribution is -0.137. The molecular weight excluding hydrogens is 343 g/mol. The first-order valence-corrected chi connectivity index (χ1v) is 8.03. The van der Waals surface area contributed by atoms with Crippen LogP contribution in [0.3, 0.4) is 0 Å². The van der Waals surface area contributed by atoms with E-state index >= 15 is 0 Å². The second kappa shape index (κ2) is 6.71. The molecule has 0 heterocycles. The summed E-state index contributed by atoms with van der Waals surface area (Å²) in [6.45, 7) is 1.71. The van der Waals surface area contributed by atoms with E-state index in [9.17, 15) is 23.1 Å². The van der Waals surface area contributed by atoms with Crippen molar-refractivity contribution < 1.29 is 23.1 Å². The molecule has 0 aliphatic rings. The highest BCUT2D eigenvalue weighted by Crippen LogP contribution is 2.33. The van der Waals surface area contributed by atoms with Gasteiger partial charge in [-0.05, 0) is 41.6 Å². The smallest absolute Gasteiger partial charge is 0.416 e. The van der Waals surface area contributed by atoms with Crippen molar-refractivity contribution in [1.82, 2.24) is 0 Å². The highest BCUT2D eigenvalue weighted by Gasteiger charge is 2.31. The van der Waals surface area contributed by atoms with Gasteiger partial charge < -0.3 is 10.4 Å². The zero-order valence-electron chi connectivity index (χ0n) is 13.9. The number of rotatable bonds is 3. The van der Waals surface area contributed by atoms with E-state index in [-0.39, 0.29) is 17.0 Å². The number of benzene rings is 3. The summed E-state index contributed by atoms with van der Waals surface area (Å²) in [7, 11) is 0. The first-order chi connectivity index (χ1) is 12.3. The maximum absolute atomic E-state index is 12.8. The van der Waals surface area contributed by atoms with Crippen LogP contribution in [0.1, 0.15) is 28.4 Å². The minimum atomic E-state index is -4.44. The minimum Gasteiger partial charge on any atom is -0.506 e. The van der Waals surface area contributed by atoms with Crippen molar-refractivity contribution in [3.8, 4) is 5.75 Å². The molecule has 26 heavy (non-hydrogen) atoms. The fraction of sp³-hybridized carbons (Fsp3) is 0.150. The number of phenolic OH excluding ortho intramolecular Hbond substituents is 1. The molecule has 3 aromatic rings. The van der Waals surface area contributed by atoms with Crippen LogP contribution in [0.15, 0.2) is 54.6 Å². The van der Waals surface area contributed by atoms with Crippen LogP contribution in [-0.2, 0) is 12.6 Å². The van der Waals surface area contributed by atoms with Gasteiger partial charge in [0.1, 0.15) is 5.75 Å². The summed E-state index contributed by atoms with van der Waals surface area (Å²) in [5.41, 5.74) is -0.0435. The molecule has 0 bridgehead atoms. The molecule has 3 rings (SSSR count). The summed E-state index contributed by atoms with van der Waals surface area (Å²) in [4.78, 5) is 12.5. The number of hydrogen-bond donors (Lipinski definition) is 2. The second-order valence-electron chi connectivity index (χ2n) is 5.86. The van der Waals surface area contributed by atoms with Gasteiger partial charge in [-0.2, -0.15) is 13.2 Å². The van der Waals surface area contributed by atoms with E-state index in [4.69, 9.17) is 0 Å². The van der Waals surface area contributed by atoms with Gasteiger partial charge in [-0.3, -0.25) is 4.79 Å². The number of phenols is 1. The van der Waals surface area contributed by atoms with Crippen LogP contribution in [-0.4, -0.2) is 11.0 Å². The second-order valence-corrected chi connectivity index (χ2v) is 5.86. The normalized spacial score (nSPS) is 11.5. The standard InChI is InChI=1S/C20H16F3NO2/c1-2-12-11-14(20(21,22)23)8-10-17(12)24-19(26)16-9-7-13-5-3-4-6-15(13)18(16)25/h3-11,25H,2H2,1H3,(H,24,26). The van der Waals surface area contributed by atoms with E-state index in [1.807, 2.05) is 12.1 Å². The van der Waals surface area contributed by atoms with E-state index in [2.05, 4.69) is 5.32 Å². The molecule has 0 aliphatic carbocycles. The summed E-state index contributed by atoms with van der Waals surface area (Å²) >= 11 is 0. The van der Waals surface area contributed by atoms with E-state index in [0.29, 0.717) is 17.4 Å². The van der Waals surface area contributed by atoms with E-state index in [1.165, 1.54) is 12.1 Å². The Balaban J connectivity index is 1.94. The number of hydrogen-bond acceptors (Lipinski definition) is 2. The molecule has 0 spiro atoms. The molecule has 134 valence electrons. The van der Waals surface area contributed by atoms with Gasteiger partial charge in [0.05, 0.1) is 11.1 Å². The lowest BCUT2D eigenvalue weighted by Gasteiger charge is -2.14. The summed E-state index contributed by atoms with van der Waals surface area (Å²) in [6.07, 6.45) is -4.12. The fourth-order valence-corrected chi connectivity index (χ4v) is 2.81. The number of halogens is 3. The van der Waals surface area contributed by atoms with Crippen molar-refractivity contribution in [3.05, 3.63) is 71.3 Å². The average molecular weight is 359 g/mol. The number of alkyl halides is 3. The first-order valence-electron chi connectivity index (χ1n) is 8.03. The van der Waals surface area contributed by atoms with Crippen molar-refractivity contribution >= 4 is 22.4 Å². The Kier molecular flexibility index (Phi) is 4.59. The fourth-order valence-electron chi connectivity index (χ4n) is 2.81. The molecule has 3 aromatic carbocycles. The molecule has 3 nitrogen and oxygen atoms in total. The highest BCUT2D eigenvalue weighted by molar-refractivity contribution is 6.10. The molecule has 0 atom stereocenters. The van der Waals surface area contributed by atoms with Crippen molar-refractivity contribution in [2.45, 2.75) is 19.5 Å². The number of anilines is 1. The predicted octanol–water partition coefficient (Wildman–Crippen LogP) is 5.38. The minimum absolute atomic E-state index is 0.0608. The maximum Gasteiger partial charge on any atom is 0.416 e. The Hall–Kier alpha value is -3.02. The Morgan fingerprint density at radius 3 is 2.50 bits per heavy atom. The summed E-state index contributed by atoms with van der Waals surface area (Å²) in [6, 6.07) is 13.4. The largest absolute Gasteiger partial charge is 0.506 e. The van der Waals surface area contributed by atoms with Gasteiger partial charge in [-0.25, -0.2) is 0 Å². The van der Waals surface area contributed by atoms with Gasteiger partial charge in [0.25, 0.3) is 5.91 Å². The lowest BCUT2D eigenvalue weighted by Crippen LogP contribution is -2.14. The van der Waals surface area contributed by atoms with Crippen LogP contribution in [0.2, 0.25) is 0 Å². The van der Waals surface area contributed by atoms with Gasteiger partial charge in [-0.15, -0.1) is 0 Å². The van der Waals surface area contributed by atoms with E-state index in [1.54, 1.807) is 25.1 Å². The number of aromatic hydroxyl groups is 1. The number of carbonyl (C=O) groups excluding carboxylic acids is 1. The zero-order valence-corrected chi connectivity index (χ0v) is 13.9. The van der Waals surface area contributed by atoms with E-state index in [0.717, 1.165) is 17.5 Å². The molecule has 1 amide bonds. The van der Waals surface area contributed by atoms with Crippen molar-refractivity contribution in [2.75, 3.05) is 5.32 Å². The number of amides is 1. The van der Waals surface area contributed by atoms with Crippen LogP contribution in [0.5, 0.6) is 5.75 Å². The topological polar surface area (TPSA) is 49.3 Å². The predicted molar refractivity (Wildman–Crippen MR) is 94.4 cm³/mol. The SMILES string of the molecule is CCc1cc(C(F)(F)F)ccc1NC(=O)c1ccc2ccccc2c1O. The molecule has 0 saturated carbocycles. The van der Waals surface area contributed by atoms with Crippen LogP contribution >= 0.6 is 0 Å². The van der Waals surface area contributed by atoms with Crippen molar-refractivity contribution in [1.29, 1.82) is 0 Å². The summed E-state index contributed by atoms with van der Waals surface area (Å²) in [5.74, 6) is -0.742. The number of carbonyl (C=O) groups is 1. The van der Waals surface area contributed by atoms with Crippen molar-refractivity contribution in [3.63, 3.8) is 0 Å². The number of fused-ring (bicyclic) bond motifs is 1. The van der Waals surface area contributed by atoms with Crippen LogP contribution in [0.4, 0.5) is 18.9 Å². The third-order valence-corrected chi connectivity index (χ3v) is 4.21. The molecule has 0 fully saturated rings. The molecule has 0 aromatic heterocycles. The third kappa shape index (κ3) is 3.35. The van der Waals surface area contributed by atoms with E-state index < -0.39 is 17.6 Å². The third-order valence-electron chi connectivity index (χ3n) is 4.21. The van der Waals surface area contributed by atoms with Crippen LogP contribution in [0.25, 0.3) is 10.8 Å². The van der Waals surface area contributed by atoms with Crippen LogP contribution < -0.4 is 5.32 Å². The highest BCUT2D eigenvalue weighted by atomic mass is 19.4. The van der Waals surface area contributed by atoms with Gasteiger partial charge in [0.2, 0.25) is 0 Å². The summed E-state index contributed by atoms with van der Waals surface area (Å²) in [5, 5.41) is 14.3. The van der Waals surface area contributed by atoms with Gasteiger partial charge in [0, 0.05) is 11.1 Å². The maximum atomic E-state index is 12.8. The Bertz CT molecular complexity index is 980. The first kappa shape index (κ1) is 17.8. The number of nitrogens with one attached hydrogen (secondary N) is 1. The molecule has 0 saturated heterocycles. The van der Waals surface area contributed by atoms with Crippen LogP contribution in [0, 0.1) is 0 Å².